The fourth-order valence-corrected chi connectivity index (χ4v) is 3.10. The van der Waals surface area contributed by atoms with Gasteiger partial charge in [0.1, 0.15) is 5.58 Å². The molecule has 0 bridgehead atoms. The predicted molar refractivity (Wildman–Crippen MR) is 95.5 cm³/mol. The van der Waals surface area contributed by atoms with Gasteiger partial charge in [0.2, 0.25) is 0 Å². The van der Waals surface area contributed by atoms with E-state index in [2.05, 4.69) is 19.9 Å². The highest BCUT2D eigenvalue weighted by Crippen LogP contribution is 2.27. The van der Waals surface area contributed by atoms with Gasteiger partial charge >= 0.3 is 5.63 Å². The molecule has 0 saturated heterocycles. The van der Waals surface area contributed by atoms with E-state index >= 15 is 0 Å². The molecule has 1 heterocycles. The van der Waals surface area contributed by atoms with E-state index in [-0.39, 0.29) is 5.63 Å². The Balaban J connectivity index is 2.38. The third-order valence-electron chi connectivity index (χ3n) is 4.16. The van der Waals surface area contributed by atoms with Gasteiger partial charge in [-0.1, -0.05) is 13.8 Å². The number of nitrogens with zero attached hydrogens (tertiary/aromatic N) is 1. The Morgan fingerprint density at radius 2 is 2.00 bits per heavy atom. The van der Waals surface area contributed by atoms with Crippen LogP contribution in [0, 0.1) is 6.92 Å². The average molecular weight is 333 g/mol. The second-order valence-electron chi connectivity index (χ2n) is 6.76. The minimum atomic E-state index is -0.556. The van der Waals surface area contributed by atoms with Crippen LogP contribution in [-0.4, -0.2) is 43.4 Å². The van der Waals surface area contributed by atoms with E-state index < -0.39 is 6.10 Å². The van der Waals surface area contributed by atoms with E-state index in [1.54, 1.807) is 13.2 Å². The van der Waals surface area contributed by atoms with Crippen molar-refractivity contribution in [2.75, 3.05) is 27.3 Å². The van der Waals surface area contributed by atoms with Crippen LogP contribution in [0.15, 0.2) is 27.4 Å². The molecule has 0 radical (unpaired) electrons. The fourth-order valence-electron chi connectivity index (χ4n) is 3.10. The van der Waals surface area contributed by atoms with E-state index in [1.165, 1.54) is 5.56 Å². The monoisotopic (exact) mass is 333 g/mol. The summed E-state index contributed by atoms with van der Waals surface area (Å²) in [6.07, 6.45) is -0.556. The normalized spacial score (nSPS) is 13.2. The van der Waals surface area contributed by atoms with Crippen molar-refractivity contribution in [3.63, 3.8) is 0 Å². The summed E-state index contributed by atoms with van der Waals surface area (Å²) in [6, 6.07) is 5.60. The maximum Gasteiger partial charge on any atom is 0.336 e. The third-order valence-corrected chi connectivity index (χ3v) is 4.16. The molecule has 2 rings (SSSR count). The van der Waals surface area contributed by atoms with Crippen LogP contribution in [-0.2, 0) is 11.3 Å². The lowest BCUT2D eigenvalue weighted by Crippen LogP contribution is -2.31. The minimum absolute atomic E-state index is 0.290. The summed E-state index contributed by atoms with van der Waals surface area (Å²) in [5.41, 5.74) is 3.56. The largest absolute Gasteiger partial charge is 0.423 e. The van der Waals surface area contributed by atoms with Crippen molar-refractivity contribution < 1.29 is 14.3 Å². The van der Waals surface area contributed by atoms with Gasteiger partial charge in [0, 0.05) is 31.7 Å². The van der Waals surface area contributed by atoms with Crippen LogP contribution in [0.3, 0.4) is 0 Å². The topological polar surface area (TPSA) is 62.9 Å². The third kappa shape index (κ3) is 4.44. The summed E-state index contributed by atoms with van der Waals surface area (Å²) >= 11 is 0. The van der Waals surface area contributed by atoms with Gasteiger partial charge < -0.3 is 14.3 Å². The van der Waals surface area contributed by atoms with Crippen molar-refractivity contribution in [2.45, 2.75) is 39.3 Å². The summed E-state index contributed by atoms with van der Waals surface area (Å²) in [4.78, 5) is 13.9. The van der Waals surface area contributed by atoms with E-state index in [0.29, 0.717) is 31.2 Å². The first kappa shape index (κ1) is 18.6. The number of aryl methyl sites for hydroxylation is 1. The molecule has 2 aromatic rings. The van der Waals surface area contributed by atoms with Gasteiger partial charge in [-0.15, -0.1) is 0 Å². The molecule has 0 saturated carbocycles. The van der Waals surface area contributed by atoms with Crippen LogP contribution in [0.2, 0.25) is 0 Å². The van der Waals surface area contributed by atoms with Gasteiger partial charge in [-0.2, -0.15) is 0 Å². The maximum absolute atomic E-state index is 11.9. The van der Waals surface area contributed by atoms with Crippen molar-refractivity contribution >= 4 is 11.0 Å². The number of ether oxygens (including phenoxy) is 1. The summed E-state index contributed by atoms with van der Waals surface area (Å²) in [6.45, 7) is 7.66. The molecule has 24 heavy (non-hydrogen) atoms. The molecule has 1 aromatic heterocycles. The van der Waals surface area contributed by atoms with Crippen molar-refractivity contribution in [3.8, 4) is 0 Å². The lowest BCUT2D eigenvalue weighted by molar-refractivity contribution is 0.0419. The molecule has 0 aliphatic rings. The highest BCUT2D eigenvalue weighted by atomic mass is 16.5. The molecule has 0 aliphatic carbocycles. The number of hydrogen-bond acceptors (Lipinski definition) is 5. The summed E-state index contributed by atoms with van der Waals surface area (Å²) in [7, 11) is 3.48. The van der Waals surface area contributed by atoms with Gasteiger partial charge in [0.25, 0.3) is 0 Å². The van der Waals surface area contributed by atoms with Crippen LogP contribution < -0.4 is 5.63 Å². The second-order valence-corrected chi connectivity index (χ2v) is 6.76. The van der Waals surface area contributed by atoms with Gasteiger partial charge in [0.05, 0.1) is 12.7 Å². The van der Waals surface area contributed by atoms with Gasteiger partial charge in [0.15, 0.2) is 0 Å². The first-order valence-corrected chi connectivity index (χ1v) is 8.24. The number of hydrogen-bond donors (Lipinski definition) is 1. The number of benzene rings is 1. The first-order valence-electron chi connectivity index (χ1n) is 8.24. The van der Waals surface area contributed by atoms with Crippen LogP contribution in [0.1, 0.15) is 36.5 Å². The zero-order valence-corrected chi connectivity index (χ0v) is 15.1. The molecule has 1 N–H and O–H groups in total. The van der Waals surface area contributed by atoms with E-state index in [9.17, 15) is 9.90 Å². The number of fused-ring (bicyclic) bond motifs is 1. The minimum Gasteiger partial charge on any atom is -0.423 e. The molecule has 0 spiro atoms. The summed E-state index contributed by atoms with van der Waals surface area (Å²) < 4.78 is 10.3. The molecular formula is C19H27NO4. The number of likely N-dealkylation sites (N-methyl/N-ethyl adjacent to an activating group) is 1. The predicted octanol–water partition coefficient (Wildman–Crippen LogP) is 2.66. The van der Waals surface area contributed by atoms with E-state index in [4.69, 9.17) is 9.15 Å². The van der Waals surface area contributed by atoms with Crippen LogP contribution >= 0.6 is 0 Å². The standard InChI is InChI=1S/C19H27NO4/c1-12(2)16-8-17-14(9-20(4)10-15(21)11-23-5)7-19(22)24-18(17)6-13(16)3/h6-8,12,15,21H,9-11H2,1-5H3. The Morgan fingerprint density at radius 3 is 2.62 bits per heavy atom. The lowest BCUT2D eigenvalue weighted by atomic mass is 9.95. The Kier molecular flexibility index (Phi) is 6.15. The highest BCUT2D eigenvalue weighted by Gasteiger charge is 2.14. The molecule has 0 fully saturated rings. The number of aliphatic hydroxyl groups is 1. The molecule has 132 valence electrons. The van der Waals surface area contributed by atoms with Crippen molar-refractivity contribution in [1.29, 1.82) is 0 Å². The van der Waals surface area contributed by atoms with Crippen molar-refractivity contribution in [3.05, 3.63) is 45.3 Å². The van der Waals surface area contributed by atoms with E-state index in [0.717, 1.165) is 16.5 Å². The number of aliphatic hydroxyl groups excluding tert-OH is 1. The van der Waals surface area contributed by atoms with Crippen molar-refractivity contribution in [2.24, 2.45) is 0 Å². The maximum atomic E-state index is 11.9. The van der Waals surface area contributed by atoms with Crippen molar-refractivity contribution in [1.82, 2.24) is 4.90 Å². The van der Waals surface area contributed by atoms with Gasteiger partial charge in [-0.05, 0) is 48.7 Å². The zero-order valence-electron chi connectivity index (χ0n) is 15.1. The van der Waals surface area contributed by atoms with Crippen LogP contribution in [0.25, 0.3) is 11.0 Å². The summed E-state index contributed by atoms with van der Waals surface area (Å²) in [5, 5.41) is 10.8. The van der Waals surface area contributed by atoms with Gasteiger partial charge in [-0.3, -0.25) is 4.90 Å². The smallest absolute Gasteiger partial charge is 0.336 e. The Hall–Kier alpha value is -1.69. The molecule has 0 amide bonds. The molecule has 1 unspecified atom stereocenters. The first-order chi connectivity index (χ1) is 11.3. The highest BCUT2D eigenvalue weighted by molar-refractivity contribution is 5.82. The number of rotatable bonds is 7. The fraction of sp³-hybridized carbons (Fsp3) is 0.526. The number of methoxy groups -OCH3 is 1. The Bertz CT molecular complexity index is 751. The quantitative estimate of drug-likeness (QED) is 0.789. The molecular weight excluding hydrogens is 306 g/mol. The van der Waals surface area contributed by atoms with Crippen LogP contribution in [0.4, 0.5) is 0 Å². The molecule has 0 aliphatic heterocycles. The van der Waals surface area contributed by atoms with Gasteiger partial charge in [-0.25, -0.2) is 4.79 Å². The van der Waals surface area contributed by atoms with Crippen LogP contribution in [0.5, 0.6) is 0 Å². The molecule has 1 aromatic carbocycles. The molecule has 5 nitrogen and oxygen atoms in total. The SMILES string of the molecule is COCC(O)CN(C)Cc1cc(=O)oc2cc(C)c(C(C)C)cc12. The molecule has 5 heteroatoms. The Labute approximate surface area is 142 Å². The Morgan fingerprint density at radius 1 is 1.29 bits per heavy atom. The van der Waals surface area contributed by atoms with E-state index in [1.807, 2.05) is 24.9 Å². The molecule has 1 atom stereocenters. The second kappa shape index (κ2) is 7.92. The summed E-state index contributed by atoms with van der Waals surface area (Å²) in [5.74, 6) is 0.399. The average Bonchev–Trinajstić information content (AvgIpc) is 2.45. The zero-order chi connectivity index (χ0) is 17.9. The lowest BCUT2D eigenvalue weighted by Gasteiger charge is -2.21.